The molecular weight excluding hydrogens is 212 g/mol. The topological polar surface area (TPSA) is 32.3 Å². The molecule has 2 fully saturated rings. The highest BCUT2D eigenvalue weighted by Gasteiger charge is 2.49. The van der Waals surface area contributed by atoms with E-state index in [-0.39, 0.29) is 11.7 Å². The molecule has 1 aliphatic heterocycles. The van der Waals surface area contributed by atoms with Crippen LogP contribution >= 0.6 is 0 Å². The minimum absolute atomic E-state index is 0.222. The van der Waals surface area contributed by atoms with Gasteiger partial charge in [-0.2, -0.15) is 0 Å². The van der Waals surface area contributed by atoms with Crippen molar-refractivity contribution in [2.75, 3.05) is 6.54 Å². The van der Waals surface area contributed by atoms with Crippen LogP contribution in [0.3, 0.4) is 0 Å². The molecule has 4 atom stereocenters. The smallest absolute Gasteiger partial charge is 0.243 e. The summed E-state index contributed by atoms with van der Waals surface area (Å²) in [6.45, 7) is 11.7. The first-order valence-electron chi connectivity index (χ1n) is 6.97. The van der Waals surface area contributed by atoms with Gasteiger partial charge in [0.25, 0.3) is 0 Å². The number of rotatable bonds is 4. The van der Waals surface area contributed by atoms with Gasteiger partial charge in [-0.1, -0.05) is 27.7 Å². The average Bonchev–Trinajstić information content (AvgIpc) is 2.90. The number of hydrogen-bond acceptors (Lipinski definition) is 2. The molecule has 2 rings (SSSR count). The van der Waals surface area contributed by atoms with Gasteiger partial charge in [0.15, 0.2) is 0 Å². The van der Waals surface area contributed by atoms with E-state index in [4.69, 9.17) is 0 Å². The summed E-state index contributed by atoms with van der Waals surface area (Å²) in [5.41, 5.74) is -0.340. The van der Waals surface area contributed by atoms with Gasteiger partial charge in [-0.15, -0.1) is 0 Å². The molecule has 1 saturated carbocycles. The van der Waals surface area contributed by atoms with E-state index in [1.165, 1.54) is 6.42 Å². The summed E-state index contributed by atoms with van der Waals surface area (Å²) in [5.74, 6) is 2.32. The molecule has 1 amide bonds. The lowest BCUT2D eigenvalue weighted by Gasteiger charge is -2.27. The second-order valence-corrected chi connectivity index (χ2v) is 6.45. The van der Waals surface area contributed by atoms with E-state index in [0.717, 1.165) is 24.8 Å². The van der Waals surface area contributed by atoms with Crippen molar-refractivity contribution in [2.45, 2.75) is 59.2 Å². The van der Waals surface area contributed by atoms with Crippen molar-refractivity contribution in [3.63, 3.8) is 0 Å². The molecule has 0 bridgehead atoms. The third-order valence-electron chi connectivity index (χ3n) is 4.58. The van der Waals surface area contributed by atoms with Crippen LogP contribution in [0.4, 0.5) is 0 Å². The Hall–Kier alpha value is -0.570. The zero-order chi connectivity index (χ0) is 12.8. The quantitative estimate of drug-likeness (QED) is 0.814. The maximum absolute atomic E-state index is 12.5. The van der Waals surface area contributed by atoms with Crippen LogP contribution in [-0.2, 0) is 4.79 Å². The number of amides is 1. The molecule has 0 aromatic rings. The molecule has 3 nitrogen and oxygen atoms in total. The molecule has 1 saturated heterocycles. The van der Waals surface area contributed by atoms with Gasteiger partial charge in [0.2, 0.25) is 5.91 Å². The molecule has 3 heteroatoms. The summed E-state index contributed by atoms with van der Waals surface area (Å²) in [7, 11) is 0. The monoisotopic (exact) mass is 238 g/mol. The molecule has 1 aliphatic carbocycles. The molecule has 98 valence electrons. The summed E-state index contributed by atoms with van der Waals surface area (Å²) in [6, 6.07) is 0. The van der Waals surface area contributed by atoms with Gasteiger partial charge in [-0.25, -0.2) is 0 Å². The fourth-order valence-corrected chi connectivity index (χ4v) is 2.79. The summed E-state index contributed by atoms with van der Waals surface area (Å²) in [6.07, 6.45) is 2.38. The van der Waals surface area contributed by atoms with Crippen molar-refractivity contribution in [3.8, 4) is 0 Å². The Morgan fingerprint density at radius 1 is 1.53 bits per heavy atom. The van der Waals surface area contributed by atoms with Gasteiger partial charge >= 0.3 is 0 Å². The Bertz CT molecular complexity index is 315. The second kappa shape index (κ2) is 4.27. The van der Waals surface area contributed by atoms with Crippen molar-refractivity contribution in [2.24, 2.45) is 17.8 Å². The molecule has 0 aromatic carbocycles. The lowest BCUT2D eigenvalue weighted by atomic mass is 9.99. The third kappa shape index (κ3) is 2.22. The predicted molar refractivity (Wildman–Crippen MR) is 69.4 cm³/mol. The Kier molecular flexibility index (Phi) is 3.23. The number of nitrogens with one attached hydrogen (secondary N) is 1. The zero-order valence-electron chi connectivity index (χ0n) is 11.8. The molecule has 0 spiro atoms. The maximum Gasteiger partial charge on any atom is 0.243 e. The van der Waals surface area contributed by atoms with Crippen molar-refractivity contribution < 1.29 is 4.79 Å². The van der Waals surface area contributed by atoms with Crippen LogP contribution in [0.1, 0.15) is 47.5 Å². The van der Waals surface area contributed by atoms with Crippen LogP contribution in [0.2, 0.25) is 0 Å². The average molecular weight is 238 g/mol. The molecule has 0 radical (unpaired) electrons. The van der Waals surface area contributed by atoms with E-state index >= 15 is 0 Å². The van der Waals surface area contributed by atoms with Gasteiger partial charge in [0.1, 0.15) is 0 Å². The molecule has 4 unspecified atom stereocenters. The molecule has 0 aromatic heterocycles. The van der Waals surface area contributed by atoms with Crippen LogP contribution in [0.5, 0.6) is 0 Å². The summed E-state index contributed by atoms with van der Waals surface area (Å²) < 4.78 is 0. The highest BCUT2D eigenvalue weighted by Crippen LogP contribution is 2.40. The van der Waals surface area contributed by atoms with E-state index in [1.807, 2.05) is 6.92 Å². The fraction of sp³-hybridized carbons (Fsp3) is 0.929. The lowest BCUT2D eigenvalue weighted by molar-refractivity contribution is -0.133. The third-order valence-corrected chi connectivity index (χ3v) is 4.58. The summed E-state index contributed by atoms with van der Waals surface area (Å²) >= 11 is 0. The normalized spacial score (nSPS) is 41.4. The van der Waals surface area contributed by atoms with Gasteiger partial charge in [-0.05, 0) is 37.5 Å². The van der Waals surface area contributed by atoms with Crippen LogP contribution < -0.4 is 5.32 Å². The lowest BCUT2D eigenvalue weighted by Crippen LogP contribution is -2.45. The van der Waals surface area contributed by atoms with Crippen LogP contribution in [0.25, 0.3) is 0 Å². The first-order chi connectivity index (χ1) is 7.89. The first kappa shape index (κ1) is 12.9. The number of carbonyl (C=O) groups is 1. The minimum atomic E-state index is -0.340. The molecule has 1 N–H and O–H groups in total. The van der Waals surface area contributed by atoms with E-state index in [9.17, 15) is 4.79 Å². The van der Waals surface area contributed by atoms with Gasteiger partial charge in [0, 0.05) is 6.54 Å². The first-order valence-corrected chi connectivity index (χ1v) is 6.97. The van der Waals surface area contributed by atoms with Crippen LogP contribution in [0.15, 0.2) is 0 Å². The highest BCUT2D eigenvalue weighted by molar-refractivity contribution is 5.88. The summed E-state index contributed by atoms with van der Waals surface area (Å²) in [5, 5.41) is 3.54. The van der Waals surface area contributed by atoms with E-state index in [1.54, 1.807) is 0 Å². The molecule has 2 aliphatic rings. The van der Waals surface area contributed by atoms with E-state index in [0.29, 0.717) is 11.8 Å². The largest absolute Gasteiger partial charge is 0.325 e. The molecule has 17 heavy (non-hydrogen) atoms. The Morgan fingerprint density at radius 3 is 2.53 bits per heavy atom. The summed E-state index contributed by atoms with van der Waals surface area (Å²) in [4.78, 5) is 14.6. The molecule has 1 heterocycles. The Morgan fingerprint density at radius 2 is 2.12 bits per heavy atom. The van der Waals surface area contributed by atoms with Crippen molar-refractivity contribution >= 4 is 5.91 Å². The van der Waals surface area contributed by atoms with Crippen molar-refractivity contribution in [1.82, 2.24) is 10.2 Å². The second-order valence-electron chi connectivity index (χ2n) is 6.45. The standard InChI is InChI=1S/C14H26N2O/c1-6-14(5)13(17)16(8-11-7-10(11)4)12(15-14)9(2)3/h9-12,15H,6-8H2,1-5H3. The van der Waals surface area contributed by atoms with E-state index in [2.05, 4.69) is 37.9 Å². The minimum Gasteiger partial charge on any atom is -0.325 e. The zero-order valence-corrected chi connectivity index (χ0v) is 11.8. The van der Waals surface area contributed by atoms with Crippen LogP contribution in [-0.4, -0.2) is 29.1 Å². The SMILES string of the molecule is CCC1(C)NC(C(C)C)N(CC2CC2C)C1=O. The predicted octanol–water partition coefficient (Wildman–Crippen LogP) is 2.22. The molecular formula is C14H26N2O. The van der Waals surface area contributed by atoms with Crippen LogP contribution in [0, 0.1) is 17.8 Å². The Labute approximate surface area is 105 Å². The maximum atomic E-state index is 12.5. The van der Waals surface area contributed by atoms with E-state index < -0.39 is 0 Å². The van der Waals surface area contributed by atoms with Gasteiger partial charge in [-0.3, -0.25) is 10.1 Å². The van der Waals surface area contributed by atoms with Crippen molar-refractivity contribution in [1.29, 1.82) is 0 Å². The fourth-order valence-electron chi connectivity index (χ4n) is 2.79. The van der Waals surface area contributed by atoms with Crippen molar-refractivity contribution in [3.05, 3.63) is 0 Å². The number of nitrogens with zero attached hydrogens (tertiary/aromatic N) is 1. The number of hydrogen-bond donors (Lipinski definition) is 1. The van der Waals surface area contributed by atoms with Gasteiger partial charge < -0.3 is 4.90 Å². The van der Waals surface area contributed by atoms with Gasteiger partial charge in [0.05, 0.1) is 11.7 Å². The number of carbonyl (C=O) groups excluding carboxylic acids is 1. The Balaban J connectivity index is 2.12. The highest BCUT2D eigenvalue weighted by atomic mass is 16.2.